The van der Waals surface area contributed by atoms with Crippen molar-refractivity contribution in [3.05, 3.63) is 35.4 Å². The average molecular weight is 261 g/mol. The van der Waals surface area contributed by atoms with Crippen LogP contribution < -0.4 is 0 Å². The lowest BCUT2D eigenvalue weighted by Gasteiger charge is -2.20. The number of benzene rings is 1. The van der Waals surface area contributed by atoms with E-state index in [0.717, 1.165) is 31.5 Å². The Balaban J connectivity index is 2.01. The van der Waals surface area contributed by atoms with Gasteiger partial charge in [0.25, 0.3) is 0 Å². The third-order valence-electron chi connectivity index (χ3n) is 3.49. The lowest BCUT2D eigenvalue weighted by molar-refractivity contribution is -0.130. The van der Waals surface area contributed by atoms with Crippen LogP contribution in [0.2, 0.25) is 0 Å². The summed E-state index contributed by atoms with van der Waals surface area (Å²) in [7, 11) is 0. The maximum Gasteiger partial charge on any atom is 0.335 e. The Bertz CT molecular complexity index is 462. The van der Waals surface area contributed by atoms with Gasteiger partial charge in [-0.1, -0.05) is 25.0 Å². The first kappa shape index (κ1) is 13.6. The number of rotatable bonds is 3. The number of hydrogen-bond donors (Lipinski definition) is 1. The van der Waals surface area contributed by atoms with Crippen molar-refractivity contribution in [2.24, 2.45) is 0 Å². The molecule has 102 valence electrons. The van der Waals surface area contributed by atoms with Gasteiger partial charge in [-0.2, -0.15) is 0 Å². The molecule has 19 heavy (non-hydrogen) atoms. The molecule has 0 saturated carbocycles. The first-order chi connectivity index (χ1) is 9.16. The van der Waals surface area contributed by atoms with Crippen LogP contribution in [0.25, 0.3) is 0 Å². The molecule has 0 atom stereocenters. The van der Waals surface area contributed by atoms with E-state index < -0.39 is 5.97 Å². The van der Waals surface area contributed by atoms with E-state index >= 15 is 0 Å². The highest BCUT2D eigenvalue weighted by Gasteiger charge is 2.16. The molecule has 0 radical (unpaired) electrons. The van der Waals surface area contributed by atoms with Gasteiger partial charge in [-0.25, -0.2) is 4.79 Å². The van der Waals surface area contributed by atoms with Gasteiger partial charge in [-0.05, 0) is 30.5 Å². The number of likely N-dealkylation sites (tertiary alicyclic amines) is 1. The predicted molar refractivity (Wildman–Crippen MR) is 72.2 cm³/mol. The number of aromatic carboxylic acids is 1. The zero-order chi connectivity index (χ0) is 13.7. The van der Waals surface area contributed by atoms with Crippen molar-refractivity contribution in [2.45, 2.75) is 32.1 Å². The highest BCUT2D eigenvalue weighted by molar-refractivity contribution is 5.88. The van der Waals surface area contributed by atoms with E-state index in [0.29, 0.717) is 6.42 Å². The van der Waals surface area contributed by atoms with Gasteiger partial charge >= 0.3 is 5.97 Å². The van der Waals surface area contributed by atoms with E-state index in [-0.39, 0.29) is 11.5 Å². The van der Waals surface area contributed by atoms with Crippen LogP contribution in [0.15, 0.2) is 24.3 Å². The van der Waals surface area contributed by atoms with Gasteiger partial charge < -0.3 is 10.0 Å². The largest absolute Gasteiger partial charge is 0.478 e. The van der Waals surface area contributed by atoms with Crippen molar-refractivity contribution in [2.75, 3.05) is 13.1 Å². The second kappa shape index (κ2) is 6.36. The van der Waals surface area contributed by atoms with Crippen molar-refractivity contribution >= 4 is 11.9 Å². The zero-order valence-electron chi connectivity index (χ0n) is 11.0. The van der Waals surface area contributed by atoms with E-state index in [4.69, 9.17) is 5.11 Å². The molecule has 1 aromatic rings. The monoisotopic (exact) mass is 261 g/mol. The number of amides is 1. The van der Waals surface area contributed by atoms with Crippen LogP contribution in [0.4, 0.5) is 0 Å². The minimum absolute atomic E-state index is 0.101. The summed E-state index contributed by atoms with van der Waals surface area (Å²) in [5, 5.41) is 8.93. The molecule has 1 aliphatic rings. The van der Waals surface area contributed by atoms with E-state index in [9.17, 15) is 9.59 Å². The number of nitrogens with zero attached hydrogens (tertiary/aromatic N) is 1. The molecule has 0 aliphatic carbocycles. The smallest absolute Gasteiger partial charge is 0.335 e. The van der Waals surface area contributed by atoms with Crippen LogP contribution in [0.3, 0.4) is 0 Å². The molecule has 4 nitrogen and oxygen atoms in total. The van der Waals surface area contributed by atoms with Crippen LogP contribution in [0.5, 0.6) is 0 Å². The van der Waals surface area contributed by atoms with Gasteiger partial charge in [0.1, 0.15) is 0 Å². The number of carbonyl (C=O) groups excluding carboxylic acids is 1. The highest BCUT2D eigenvalue weighted by Crippen LogP contribution is 2.12. The lowest BCUT2D eigenvalue weighted by Crippen LogP contribution is -2.33. The molecule has 2 rings (SSSR count). The summed E-state index contributed by atoms with van der Waals surface area (Å²) in [6, 6.07) is 6.62. The topological polar surface area (TPSA) is 57.6 Å². The summed E-state index contributed by atoms with van der Waals surface area (Å²) in [5.41, 5.74) is 1.01. The van der Waals surface area contributed by atoms with Crippen LogP contribution in [0.1, 0.15) is 41.6 Å². The molecular formula is C15H19NO3. The second-order valence-corrected chi connectivity index (χ2v) is 4.98. The van der Waals surface area contributed by atoms with Gasteiger partial charge in [0.15, 0.2) is 0 Å². The molecule has 0 spiro atoms. The standard InChI is InChI=1S/C15H19NO3/c17-14(16-8-3-1-2-4-9-16)11-12-6-5-7-13(10-12)15(18)19/h5-7,10H,1-4,8-9,11H2,(H,18,19). The fraction of sp³-hybridized carbons (Fsp3) is 0.467. The van der Waals surface area contributed by atoms with E-state index in [1.807, 2.05) is 11.0 Å². The summed E-state index contributed by atoms with van der Waals surface area (Å²) in [4.78, 5) is 25.0. The van der Waals surface area contributed by atoms with Gasteiger partial charge in [0.2, 0.25) is 5.91 Å². The fourth-order valence-corrected chi connectivity index (χ4v) is 2.42. The van der Waals surface area contributed by atoms with Crippen LogP contribution in [0, 0.1) is 0 Å². The summed E-state index contributed by atoms with van der Waals surface area (Å²) in [6.07, 6.45) is 4.82. The maximum absolute atomic E-state index is 12.2. The molecule has 4 heteroatoms. The van der Waals surface area contributed by atoms with Crippen molar-refractivity contribution in [3.63, 3.8) is 0 Å². The molecule has 1 heterocycles. The third-order valence-corrected chi connectivity index (χ3v) is 3.49. The maximum atomic E-state index is 12.2. The first-order valence-corrected chi connectivity index (χ1v) is 6.77. The average Bonchev–Trinajstić information content (AvgIpc) is 2.68. The van der Waals surface area contributed by atoms with Crippen LogP contribution >= 0.6 is 0 Å². The number of carboxylic acids is 1. The molecule has 0 aromatic heterocycles. The van der Waals surface area contributed by atoms with E-state index in [2.05, 4.69) is 0 Å². The molecule has 1 amide bonds. The SMILES string of the molecule is O=C(O)c1cccc(CC(=O)N2CCCCCC2)c1. The summed E-state index contributed by atoms with van der Waals surface area (Å²) in [6.45, 7) is 1.66. The molecule has 1 fully saturated rings. The Kier molecular flexibility index (Phi) is 4.55. The minimum Gasteiger partial charge on any atom is -0.478 e. The summed E-state index contributed by atoms with van der Waals surface area (Å²) in [5.74, 6) is -0.853. The van der Waals surface area contributed by atoms with Gasteiger partial charge in [0.05, 0.1) is 12.0 Å². The van der Waals surface area contributed by atoms with Gasteiger partial charge in [0, 0.05) is 13.1 Å². The summed E-state index contributed by atoms with van der Waals surface area (Å²) >= 11 is 0. The molecule has 1 saturated heterocycles. The Morgan fingerprint density at radius 2 is 1.79 bits per heavy atom. The quantitative estimate of drug-likeness (QED) is 0.908. The third kappa shape index (κ3) is 3.81. The molecule has 0 bridgehead atoms. The van der Waals surface area contributed by atoms with Crippen molar-refractivity contribution < 1.29 is 14.7 Å². The van der Waals surface area contributed by atoms with Crippen molar-refractivity contribution in [1.29, 1.82) is 0 Å². The summed E-state index contributed by atoms with van der Waals surface area (Å²) < 4.78 is 0. The Labute approximate surface area is 113 Å². The van der Waals surface area contributed by atoms with E-state index in [1.165, 1.54) is 12.8 Å². The molecule has 1 aromatic carbocycles. The van der Waals surface area contributed by atoms with Crippen molar-refractivity contribution in [1.82, 2.24) is 4.90 Å². The molecule has 1 N–H and O–H groups in total. The minimum atomic E-state index is -0.955. The number of carbonyl (C=O) groups is 2. The Morgan fingerprint density at radius 3 is 2.42 bits per heavy atom. The van der Waals surface area contributed by atoms with Gasteiger partial charge in [-0.15, -0.1) is 0 Å². The number of hydrogen-bond acceptors (Lipinski definition) is 2. The normalized spacial score (nSPS) is 15.9. The fourth-order valence-electron chi connectivity index (χ4n) is 2.42. The van der Waals surface area contributed by atoms with Crippen molar-refractivity contribution in [3.8, 4) is 0 Å². The van der Waals surface area contributed by atoms with Crippen LogP contribution in [-0.4, -0.2) is 35.0 Å². The molecular weight excluding hydrogens is 242 g/mol. The highest BCUT2D eigenvalue weighted by atomic mass is 16.4. The van der Waals surface area contributed by atoms with Gasteiger partial charge in [-0.3, -0.25) is 4.79 Å². The lowest BCUT2D eigenvalue weighted by atomic mass is 10.1. The molecule has 1 aliphatic heterocycles. The van der Waals surface area contributed by atoms with Crippen LogP contribution in [-0.2, 0) is 11.2 Å². The zero-order valence-corrected chi connectivity index (χ0v) is 11.0. The number of carboxylic acid groups (broad SMARTS) is 1. The molecule has 0 unspecified atom stereocenters. The predicted octanol–water partition coefficient (Wildman–Crippen LogP) is 2.33. The Hall–Kier alpha value is -1.84. The van der Waals surface area contributed by atoms with E-state index in [1.54, 1.807) is 18.2 Å². The Morgan fingerprint density at radius 1 is 1.11 bits per heavy atom. The second-order valence-electron chi connectivity index (χ2n) is 4.98. The first-order valence-electron chi connectivity index (χ1n) is 6.77.